The molecule has 0 saturated carbocycles. The molecule has 0 spiro atoms. The fourth-order valence-corrected chi connectivity index (χ4v) is 9.82. The molecule has 50 heavy (non-hydrogen) atoms. The Morgan fingerprint density at radius 2 is 0.720 bits per heavy atom. The number of para-hydroxylation sites is 3. The second kappa shape index (κ2) is 8.68. The Labute approximate surface area is 286 Å². The van der Waals surface area contributed by atoms with E-state index in [1.54, 1.807) is 0 Å². The second-order valence-electron chi connectivity index (χ2n) is 14.0. The van der Waals surface area contributed by atoms with Gasteiger partial charge in [0, 0.05) is 43.1 Å². The van der Waals surface area contributed by atoms with Gasteiger partial charge in [-0.05, 0) is 74.8 Å². The van der Waals surface area contributed by atoms with Gasteiger partial charge in [-0.3, -0.25) is 0 Å². The number of benzene rings is 8. The Kier molecular flexibility index (Phi) is 4.41. The van der Waals surface area contributed by atoms with Crippen LogP contribution in [0.25, 0.3) is 121 Å². The summed E-state index contributed by atoms with van der Waals surface area (Å²) in [7, 11) is 0. The van der Waals surface area contributed by atoms with E-state index in [1.807, 2.05) is 0 Å². The van der Waals surface area contributed by atoms with E-state index in [0.29, 0.717) is 0 Å². The van der Waals surface area contributed by atoms with Crippen molar-refractivity contribution in [2.75, 3.05) is 0 Å². The van der Waals surface area contributed by atoms with Crippen LogP contribution in [0.5, 0.6) is 0 Å². The molecule has 0 amide bonds. The van der Waals surface area contributed by atoms with Crippen LogP contribution < -0.4 is 0 Å². The van der Waals surface area contributed by atoms with Crippen molar-refractivity contribution < 1.29 is 0 Å². The molecule has 1 aliphatic rings. The van der Waals surface area contributed by atoms with Crippen LogP contribution in [0.3, 0.4) is 0 Å². The first-order valence-corrected chi connectivity index (χ1v) is 17.5. The molecule has 4 heterocycles. The molecule has 0 radical (unpaired) electrons. The third kappa shape index (κ3) is 2.83. The predicted octanol–water partition coefficient (Wildman–Crippen LogP) is 13.0. The zero-order chi connectivity index (χ0) is 32.2. The molecule has 4 aromatic heterocycles. The predicted molar refractivity (Wildman–Crippen MR) is 211 cm³/mol. The molecule has 228 valence electrons. The minimum absolute atomic E-state index is 1.26. The summed E-state index contributed by atoms with van der Waals surface area (Å²) in [6, 6.07) is 59.1. The van der Waals surface area contributed by atoms with Gasteiger partial charge in [-0.2, -0.15) is 0 Å². The van der Waals surface area contributed by atoms with E-state index < -0.39 is 0 Å². The average Bonchev–Trinajstić information content (AvgIpc) is 3.90. The summed E-state index contributed by atoms with van der Waals surface area (Å²) >= 11 is 0. The summed E-state index contributed by atoms with van der Waals surface area (Å²) in [6.45, 7) is 0. The summed E-state index contributed by atoms with van der Waals surface area (Å²) < 4.78 is 5.08. The molecule has 1 aliphatic carbocycles. The highest BCUT2D eigenvalue weighted by molar-refractivity contribution is 6.38. The van der Waals surface area contributed by atoms with Gasteiger partial charge in [0.2, 0.25) is 0 Å². The lowest BCUT2D eigenvalue weighted by Gasteiger charge is -2.23. The first-order valence-electron chi connectivity index (χ1n) is 17.5. The maximum Gasteiger partial charge on any atom is 0.0628 e. The van der Waals surface area contributed by atoms with Gasteiger partial charge in [0.15, 0.2) is 0 Å². The molecule has 12 aromatic rings. The van der Waals surface area contributed by atoms with E-state index in [4.69, 9.17) is 0 Å². The topological polar surface area (TPSA) is 8.82 Å². The minimum Gasteiger partial charge on any atom is -0.308 e. The molecular weight excluding hydrogens is 605 g/mol. The molecule has 0 unspecified atom stereocenters. The number of hydrogen-bond donors (Lipinski definition) is 0. The first kappa shape index (κ1) is 25.4. The van der Waals surface area contributed by atoms with Crippen molar-refractivity contribution in [3.8, 4) is 44.5 Å². The molecule has 0 atom stereocenters. The maximum absolute atomic E-state index is 2.58. The molecule has 0 aliphatic heterocycles. The Hall–Kier alpha value is -6.64. The Balaban J connectivity index is 1.27. The molecule has 13 rings (SSSR count). The van der Waals surface area contributed by atoms with Crippen LogP contribution in [0.4, 0.5) is 0 Å². The number of hydrogen-bond acceptors (Lipinski definition) is 0. The van der Waals surface area contributed by atoms with Crippen LogP contribution in [-0.4, -0.2) is 8.80 Å². The number of fused-ring (bicyclic) bond motifs is 21. The number of aromatic nitrogens is 2. The first-order chi connectivity index (χ1) is 24.8. The fourth-order valence-electron chi connectivity index (χ4n) is 9.82. The molecule has 0 saturated heterocycles. The Morgan fingerprint density at radius 3 is 1.38 bits per heavy atom. The van der Waals surface area contributed by atoms with Crippen LogP contribution in [0.2, 0.25) is 0 Å². The SMILES string of the molecule is c1ccc2c(c1)-c1ccccc1-c1cc3c4cccc5c6c7c8ccccc8n8c9ccccc9c(cc6n(c3cc1-c1ccccc1-2)c45)c78. The molecule has 0 bridgehead atoms. The van der Waals surface area contributed by atoms with E-state index in [2.05, 4.69) is 167 Å². The van der Waals surface area contributed by atoms with Gasteiger partial charge in [-0.15, -0.1) is 0 Å². The summed E-state index contributed by atoms with van der Waals surface area (Å²) in [5.74, 6) is 0. The highest BCUT2D eigenvalue weighted by Crippen LogP contribution is 2.52. The highest BCUT2D eigenvalue weighted by atomic mass is 14.9. The third-order valence-electron chi connectivity index (χ3n) is 11.7. The molecule has 0 N–H and O–H groups in total. The normalized spacial score (nSPS) is 12.8. The number of rotatable bonds is 0. The van der Waals surface area contributed by atoms with Gasteiger partial charge in [0.05, 0.1) is 33.1 Å². The zero-order valence-electron chi connectivity index (χ0n) is 26.9. The van der Waals surface area contributed by atoms with Gasteiger partial charge in [0.25, 0.3) is 0 Å². The molecule has 0 fully saturated rings. The van der Waals surface area contributed by atoms with Crippen molar-refractivity contribution in [1.29, 1.82) is 0 Å². The van der Waals surface area contributed by atoms with E-state index in [0.717, 1.165) is 0 Å². The Morgan fingerprint density at radius 1 is 0.240 bits per heavy atom. The van der Waals surface area contributed by atoms with Crippen molar-refractivity contribution in [1.82, 2.24) is 8.80 Å². The second-order valence-corrected chi connectivity index (χ2v) is 14.0. The summed E-state index contributed by atoms with van der Waals surface area (Å²) in [4.78, 5) is 0. The highest BCUT2D eigenvalue weighted by Gasteiger charge is 2.27. The van der Waals surface area contributed by atoms with Crippen molar-refractivity contribution in [3.05, 3.63) is 158 Å². The van der Waals surface area contributed by atoms with Crippen LogP contribution in [0.1, 0.15) is 0 Å². The monoisotopic (exact) mass is 630 g/mol. The third-order valence-corrected chi connectivity index (χ3v) is 11.7. The van der Waals surface area contributed by atoms with Gasteiger partial charge < -0.3 is 8.80 Å². The summed E-state index contributed by atoms with van der Waals surface area (Å²) in [5.41, 5.74) is 17.9. The quantitative estimate of drug-likeness (QED) is 0.158. The fraction of sp³-hybridized carbons (Fsp3) is 0. The smallest absolute Gasteiger partial charge is 0.0628 e. The largest absolute Gasteiger partial charge is 0.308 e. The van der Waals surface area contributed by atoms with Crippen molar-refractivity contribution >= 4 is 76.2 Å². The summed E-state index contributed by atoms with van der Waals surface area (Å²) in [5, 5.41) is 10.6. The van der Waals surface area contributed by atoms with Crippen molar-refractivity contribution in [2.24, 2.45) is 0 Å². The molecular formula is C48H26N2. The van der Waals surface area contributed by atoms with Crippen molar-refractivity contribution in [2.45, 2.75) is 0 Å². The van der Waals surface area contributed by atoms with Crippen LogP contribution in [0, 0.1) is 0 Å². The maximum atomic E-state index is 2.58. The standard InChI is InChI=1S/C48H26N2/c1-2-13-28-27(12-1)29-14-3-5-16-31(29)37-24-39-34-20-11-21-36-45-44(50(47(34)36)43(39)25-38(37)32-17-6-4-15-30(28)32)26-40-33-18-7-9-22-41(33)49-42-23-10-8-19-35(42)46(45)48(40)49/h1-26H. The van der Waals surface area contributed by atoms with Gasteiger partial charge in [-0.25, -0.2) is 0 Å². The van der Waals surface area contributed by atoms with E-state index in [1.165, 1.54) is 121 Å². The van der Waals surface area contributed by atoms with Crippen molar-refractivity contribution in [3.63, 3.8) is 0 Å². The van der Waals surface area contributed by atoms with E-state index in [9.17, 15) is 0 Å². The van der Waals surface area contributed by atoms with E-state index in [-0.39, 0.29) is 0 Å². The van der Waals surface area contributed by atoms with Crippen LogP contribution in [-0.2, 0) is 0 Å². The van der Waals surface area contributed by atoms with Crippen LogP contribution >= 0.6 is 0 Å². The number of nitrogens with zero attached hydrogens (tertiary/aromatic N) is 2. The molecule has 8 aromatic carbocycles. The molecule has 2 nitrogen and oxygen atoms in total. The molecule has 2 heteroatoms. The lowest BCUT2D eigenvalue weighted by atomic mass is 9.80. The zero-order valence-corrected chi connectivity index (χ0v) is 26.9. The van der Waals surface area contributed by atoms with Crippen LogP contribution in [0.15, 0.2) is 158 Å². The lowest BCUT2D eigenvalue weighted by Crippen LogP contribution is -1.97. The minimum atomic E-state index is 1.26. The van der Waals surface area contributed by atoms with Gasteiger partial charge in [-0.1, -0.05) is 127 Å². The summed E-state index contributed by atoms with van der Waals surface area (Å²) in [6.07, 6.45) is 0. The van der Waals surface area contributed by atoms with Gasteiger partial charge >= 0.3 is 0 Å². The Bertz CT molecular complexity index is 3430. The van der Waals surface area contributed by atoms with Gasteiger partial charge in [0.1, 0.15) is 0 Å². The van der Waals surface area contributed by atoms with E-state index >= 15 is 0 Å². The average molecular weight is 631 g/mol. The lowest BCUT2D eigenvalue weighted by molar-refractivity contribution is 1.37.